The van der Waals surface area contributed by atoms with Crippen molar-refractivity contribution in [3.05, 3.63) is 95.3 Å². The van der Waals surface area contributed by atoms with Crippen molar-refractivity contribution in [1.29, 1.82) is 0 Å². The molecule has 0 aliphatic carbocycles. The van der Waals surface area contributed by atoms with Gasteiger partial charge in [-0.05, 0) is 35.9 Å². The van der Waals surface area contributed by atoms with Crippen molar-refractivity contribution in [2.45, 2.75) is 17.8 Å². The van der Waals surface area contributed by atoms with Gasteiger partial charge in [0.25, 0.3) is 5.91 Å². The lowest BCUT2D eigenvalue weighted by atomic mass is 10.0. The second kappa shape index (κ2) is 7.70. The van der Waals surface area contributed by atoms with Gasteiger partial charge in [0.05, 0.1) is 12.2 Å². The second-order valence-electron chi connectivity index (χ2n) is 7.60. The minimum absolute atomic E-state index is 0.118. The minimum Gasteiger partial charge on any atom is -0.304 e. The van der Waals surface area contributed by atoms with E-state index in [1.54, 1.807) is 41.3 Å². The predicted molar refractivity (Wildman–Crippen MR) is 117 cm³/mol. The molecular weight excluding hydrogens is 437 g/mol. The van der Waals surface area contributed by atoms with Gasteiger partial charge in [0.15, 0.2) is 11.6 Å². The molecule has 1 atom stereocenters. The van der Waals surface area contributed by atoms with Crippen molar-refractivity contribution < 1.29 is 22.8 Å². The number of rotatable bonds is 3. The monoisotopic (exact) mass is 454 g/mol. The Morgan fingerprint density at radius 2 is 1.66 bits per heavy atom. The van der Waals surface area contributed by atoms with Gasteiger partial charge in [0.2, 0.25) is 10.8 Å². The molecule has 2 amide bonds. The third-order valence-electron chi connectivity index (χ3n) is 5.70. The van der Waals surface area contributed by atoms with Crippen LogP contribution in [0, 0.1) is 17.5 Å². The van der Waals surface area contributed by atoms with Gasteiger partial charge < -0.3 is 4.90 Å². The smallest absolute Gasteiger partial charge is 0.269 e. The summed E-state index contributed by atoms with van der Waals surface area (Å²) in [5.41, 5.74) is 2.07. The first-order valence-corrected chi connectivity index (χ1v) is 11.0. The second-order valence-corrected chi connectivity index (χ2v) is 8.89. The number of nitrogens with zero attached hydrogens (tertiary/aromatic N) is 2. The number of hydrogen-bond acceptors (Lipinski definition) is 3. The van der Waals surface area contributed by atoms with E-state index in [0.29, 0.717) is 17.0 Å². The van der Waals surface area contributed by atoms with Crippen LogP contribution in [0.5, 0.6) is 0 Å². The highest BCUT2D eigenvalue weighted by Crippen LogP contribution is 2.55. The fourth-order valence-corrected chi connectivity index (χ4v) is 5.75. The van der Waals surface area contributed by atoms with E-state index in [2.05, 4.69) is 0 Å². The molecule has 3 aromatic rings. The van der Waals surface area contributed by atoms with E-state index in [1.807, 2.05) is 0 Å². The Hall–Kier alpha value is -3.26. The Labute approximate surface area is 186 Å². The molecule has 4 nitrogen and oxygen atoms in total. The molecule has 3 aromatic carbocycles. The molecule has 162 valence electrons. The number of halogens is 3. The largest absolute Gasteiger partial charge is 0.304 e. The molecule has 0 bridgehead atoms. The highest BCUT2D eigenvalue weighted by Gasteiger charge is 2.59. The molecule has 0 saturated carbocycles. The Morgan fingerprint density at radius 3 is 2.41 bits per heavy atom. The van der Waals surface area contributed by atoms with E-state index in [0.717, 1.165) is 17.7 Å². The van der Waals surface area contributed by atoms with E-state index in [9.17, 15) is 22.8 Å². The molecule has 2 aliphatic heterocycles. The van der Waals surface area contributed by atoms with Crippen molar-refractivity contribution in [2.24, 2.45) is 0 Å². The standard InChI is InChI=1S/C24H17F3N2O2S/c25-16-7-5-15(6-8-16)14-28-21-4-2-1-3-18(21)24(23(28)31)29(22(30)11-12-32-24)17-9-10-19(26)20(27)13-17/h1-10,13H,11-12,14H2/t24-/m1/s1. The summed E-state index contributed by atoms with van der Waals surface area (Å²) in [6, 6.07) is 16.2. The zero-order chi connectivity index (χ0) is 22.5. The zero-order valence-electron chi connectivity index (χ0n) is 16.7. The highest BCUT2D eigenvalue weighted by molar-refractivity contribution is 8.01. The molecular formula is C24H17F3N2O2S. The number of benzene rings is 3. The Balaban J connectivity index is 1.65. The molecule has 0 N–H and O–H groups in total. The van der Waals surface area contributed by atoms with Crippen LogP contribution in [-0.4, -0.2) is 17.6 Å². The van der Waals surface area contributed by atoms with Crippen LogP contribution in [0.25, 0.3) is 0 Å². The number of carbonyl (C=O) groups excluding carboxylic acids is 2. The lowest BCUT2D eigenvalue weighted by Gasteiger charge is -2.42. The topological polar surface area (TPSA) is 40.6 Å². The summed E-state index contributed by atoms with van der Waals surface area (Å²) >= 11 is 1.30. The van der Waals surface area contributed by atoms with Crippen LogP contribution in [0.1, 0.15) is 17.5 Å². The molecule has 2 aliphatic rings. The molecule has 0 radical (unpaired) electrons. The third kappa shape index (κ3) is 3.09. The molecule has 1 spiro atoms. The number of para-hydroxylation sites is 1. The van der Waals surface area contributed by atoms with Crippen molar-refractivity contribution >= 4 is 35.0 Å². The Kier molecular flexibility index (Phi) is 4.97. The fraction of sp³-hybridized carbons (Fsp3) is 0.167. The zero-order valence-corrected chi connectivity index (χ0v) is 17.5. The number of carbonyl (C=O) groups is 2. The average Bonchev–Trinajstić information content (AvgIpc) is 3.01. The molecule has 2 heterocycles. The van der Waals surface area contributed by atoms with E-state index in [-0.39, 0.29) is 36.3 Å². The number of thioether (sulfide) groups is 1. The van der Waals surface area contributed by atoms with Crippen LogP contribution >= 0.6 is 11.8 Å². The Bertz CT molecular complexity index is 1230. The van der Waals surface area contributed by atoms with Crippen LogP contribution in [0.15, 0.2) is 66.7 Å². The molecule has 1 fully saturated rings. The van der Waals surface area contributed by atoms with Gasteiger partial charge in [-0.2, -0.15) is 0 Å². The molecule has 0 unspecified atom stereocenters. The van der Waals surface area contributed by atoms with Gasteiger partial charge in [-0.15, -0.1) is 11.8 Å². The Morgan fingerprint density at radius 1 is 0.906 bits per heavy atom. The van der Waals surface area contributed by atoms with Crippen molar-refractivity contribution in [1.82, 2.24) is 0 Å². The van der Waals surface area contributed by atoms with Gasteiger partial charge in [0, 0.05) is 29.5 Å². The quantitative estimate of drug-likeness (QED) is 0.561. The normalized spacial score (nSPS) is 20.2. The van der Waals surface area contributed by atoms with Crippen LogP contribution in [0.2, 0.25) is 0 Å². The summed E-state index contributed by atoms with van der Waals surface area (Å²) in [6.45, 7) is 0.179. The number of fused-ring (bicyclic) bond motifs is 2. The van der Waals surface area contributed by atoms with Gasteiger partial charge in [-0.25, -0.2) is 13.2 Å². The predicted octanol–water partition coefficient (Wildman–Crippen LogP) is 4.97. The first-order chi connectivity index (χ1) is 15.4. The number of hydrogen-bond donors (Lipinski definition) is 0. The van der Waals surface area contributed by atoms with Crippen molar-refractivity contribution in [3.63, 3.8) is 0 Å². The van der Waals surface area contributed by atoms with Crippen LogP contribution in [-0.2, 0) is 21.0 Å². The summed E-state index contributed by atoms with van der Waals surface area (Å²) in [7, 11) is 0. The van der Waals surface area contributed by atoms with Gasteiger partial charge >= 0.3 is 0 Å². The van der Waals surface area contributed by atoms with Gasteiger partial charge in [-0.1, -0.05) is 30.3 Å². The average molecular weight is 454 g/mol. The maximum Gasteiger partial charge on any atom is 0.269 e. The van der Waals surface area contributed by atoms with Gasteiger partial charge in [0.1, 0.15) is 5.82 Å². The summed E-state index contributed by atoms with van der Waals surface area (Å²) < 4.78 is 41.0. The third-order valence-corrected chi connectivity index (χ3v) is 7.10. The van der Waals surface area contributed by atoms with Crippen molar-refractivity contribution in [3.8, 4) is 0 Å². The number of anilines is 2. The van der Waals surface area contributed by atoms with E-state index >= 15 is 0 Å². The SMILES string of the molecule is O=C1CCS[C@]2(C(=O)N(Cc3ccc(F)cc3)c3ccccc32)N1c1ccc(F)c(F)c1. The molecule has 1 saturated heterocycles. The molecule has 32 heavy (non-hydrogen) atoms. The first-order valence-electron chi connectivity index (χ1n) is 10.00. The van der Waals surface area contributed by atoms with Crippen molar-refractivity contribution in [2.75, 3.05) is 15.6 Å². The maximum absolute atomic E-state index is 14.1. The molecule has 0 aromatic heterocycles. The summed E-state index contributed by atoms with van der Waals surface area (Å²) in [5.74, 6) is -2.80. The van der Waals surface area contributed by atoms with E-state index < -0.39 is 16.5 Å². The highest BCUT2D eigenvalue weighted by atomic mass is 32.2. The summed E-state index contributed by atoms with van der Waals surface area (Å²) in [5, 5.41) is 0. The van der Waals surface area contributed by atoms with Crippen LogP contribution in [0.3, 0.4) is 0 Å². The first kappa shape index (κ1) is 20.6. The van der Waals surface area contributed by atoms with Gasteiger partial charge in [-0.3, -0.25) is 14.5 Å². The summed E-state index contributed by atoms with van der Waals surface area (Å²) in [6.07, 6.45) is 0.165. The summed E-state index contributed by atoms with van der Waals surface area (Å²) in [4.78, 5) is 28.5. The number of amides is 2. The molecule has 8 heteroatoms. The van der Waals surface area contributed by atoms with Crippen LogP contribution in [0.4, 0.5) is 24.5 Å². The maximum atomic E-state index is 14.1. The van der Waals surface area contributed by atoms with E-state index in [4.69, 9.17) is 0 Å². The minimum atomic E-state index is -1.43. The van der Waals surface area contributed by atoms with E-state index in [1.165, 1.54) is 34.9 Å². The lowest BCUT2D eigenvalue weighted by Crippen LogP contribution is -2.56. The lowest BCUT2D eigenvalue weighted by molar-refractivity contribution is -0.125. The fourth-order valence-electron chi connectivity index (χ4n) is 4.28. The molecule has 5 rings (SSSR count). The van der Waals surface area contributed by atoms with Crippen LogP contribution < -0.4 is 9.80 Å².